The molecule has 1 aliphatic carbocycles. The summed E-state index contributed by atoms with van der Waals surface area (Å²) in [4.78, 5) is 15.9. The summed E-state index contributed by atoms with van der Waals surface area (Å²) in [6.07, 6.45) is 4.92. The molecule has 1 atom stereocenters. The zero-order chi connectivity index (χ0) is 22.1. The summed E-state index contributed by atoms with van der Waals surface area (Å²) in [6, 6.07) is 15.1. The molecule has 31 heavy (non-hydrogen) atoms. The highest BCUT2D eigenvalue weighted by Crippen LogP contribution is 2.50. The number of carbonyl (C=O) groups is 1. The molecule has 0 radical (unpaired) electrons. The first-order valence-corrected chi connectivity index (χ1v) is 12.9. The minimum Gasteiger partial charge on any atom is -0.347 e. The molecule has 0 unspecified atom stereocenters. The highest BCUT2D eigenvalue weighted by Gasteiger charge is 2.52. The predicted molar refractivity (Wildman–Crippen MR) is 124 cm³/mol. The van der Waals surface area contributed by atoms with E-state index in [4.69, 9.17) is 11.6 Å². The maximum Gasteiger partial charge on any atom is 0.231 e. The summed E-state index contributed by atoms with van der Waals surface area (Å²) < 4.78 is 25.8. The number of amides is 1. The van der Waals surface area contributed by atoms with Crippen molar-refractivity contribution in [1.82, 2.24) is 10.2 Å². The Kier molecular flexibility index (Phi) is 6.28. The first kappa shape index (κ1) is 22.1. The fourth-order valence-corrected chi connectivity index (χ4v) is 5.10. The predicted octanol–water partition coefficient (Wildman–Crippen LogP) is 3.70. The van der Waals surface area contributed by atoms with Gasteiger partial charge in [-0.1, -0.05) is 48.0 Å². The van der Waals surface area contributed by atoms with E-state index in [1.54, 1.807) is 12.1 Å². The lowest BCUT2D eigenvalue weighted by Gasteiger charge is -2.27. The Morgan fingerprint density at radius 1 is 1.13 bits per heavy atom. The quantitative estimate of drug-likeness (QED) is 0.628. The molecular weight excluding hydrogens is 434 g/mol. The average molecular weight is 462 g/mol. The molecule has 2 aromatic rings. The van der Waals surface area contributed by atoms with Gasteiger partial charge in [-0.2, -0.15) is 0 Å². The topological polar surface area (TPSA) is 78.5 Å². The molecule has 4 rings (SSSR count). The van der Waals surface area contributed by atoms with E-state index in [-0.39, 0.29) is 11.9 Å². The molecule has 2 N–H and O–H groups in total. The van der Waals surface area contributed by atoms with Crippen LogP contribution in [0.4, 0.5) is 5.69 Å². The molecule has 0 bridgehead atoms. The van der Waals surface area contributed by atoms with Crippen LogP contribution in [0, 0.1) is 0 Å². The van der Waals surface area contributed by atoms with Crippen LogP contribution in [-0.4, -0.2) is 45.1 Å². The Labute approximate surface area is 189 Å². The van der Waals surface area contributed by atoms with Crippen LogP contribution in [-0.2, 0) is 20.2 Å². The van der Waals surface area contributed by atoms with Gasteiger partial charge in [0, 0.05) is 6.54 Å². The van der Waals surface area contributed by atoms with Gasteiger partial charge in [-0.3, -0.25) is 9.52 Å². The van der Waals surface area contributed by atoms with Gasteiger partial charge in [-0.15, -0.1) is 0 Å². The number of hydrogen-bond donors (Lipinski definition) is 2. The van der Waals surface area contributed by atoms with E-state index in [0.29, 0.717) is 10.7 Å². The number of carbonyl (C=O) groups excluding carboxylic acids is 1. The van der Waals surface area contributed by atoms with Crippen LogP contribution in [0.1, 0.15) is 42.9 Å². The van der Waals surface area contributed by atoms with E-state index in [1.165, 1.54) is 12.8 Å². The number of halogens is 1. The maximum absolute atomic E-state index is 13.5. The van der Waals surface area contributed by atoms with Gasteiger partial charge in [0.2, 0.25) is 15.9 Å². The van der Waals surface area contributed by atoms with Crippen LogP contribution < -0.4 is 10.0 Å². The van der Waals surface area contributed by atoms with Crippen molar-refractivity contribution in [2.24, 2.45) is 0 Å². The van der Waals surface area contributed by atoms with Crippen LogP contribution in [0.25, 0.3) is 0 Å². The number of benzene rings is 2. The van der Waals surface area contributed by atoms with Gasteiger partial charge in [0.15, 0.2) is 0 Å². The molecule has 2 fully saturated rings. The fourth-order valence-electron chi connectivity index (χ4n) is 4.31. The van der Waals surface area contributed by atoms with Crippen molar-refractivity contribution in [2.45, 2.75) is 37.1 Å². The lowest BCUT2D eigenvalue weighted by molar-refractivity contribution is -0.124. The van der Waals surface area contributed by atoms with Crippen molar-refractivity contribution in [3.05, 3.63) is 64.7 Å². The van der Waals surface area contributed by atoms with Gasteiger partial charge in [0.1, 0.15) is 0 Å². The normalized spacial score (nSPS) is 19.0. The molecule has 1 saturated carbocycles. The van der Waals surface area contributed by atoms with Gasteiger partial charge >= 0.3 is 0 Å². The summed E-state index contributed by atoms with van der Waals surface area (Å²) in [5.41, 5.74) is 1.54. The van der Waals surface area contributed by atoms with Crippen molar-refractivity contribution in [3.63, 3.8) is 0 Å². The molecule has 6 nitrogen and oxygen atoms in total. The summed E-state index contributed by atoms with van der Waals surface area (Å²) in [5.74, 6) is -0.0202. The standard InChI is InChI=1S/C23H28ClN3O3S/c1-31(29,30)26-20-15-18(9-10-19(20)24)23(11-12-23)22(28)25-21(16-27-13-5-6-14-27)17-7-3-2-4-8-17/h2-4,7-10,15,21,26H,5-6,11-14,16H2,1H3,(H,25,28)/t21-/m1/s1. The first-order valence-electron chi connectivity index (χ1n) is 10.6. The number of nitrogens with zero attached hydrogens (tertiary/aromatic N) is 1. The van der Waals surface area contributed by atoms with Crippen molar-refractivity contribution < 1.29 is 13.2 Å². The second-order valence-electron chi connectivity index (χ2n) is 8.60. The smallest absolute Gasteiger partial charge is 0.231 e. The molecular formula is C23H28ClN3O3S. The number of sulfonamides is 1. The minimum absolute atomic E-state index is 0.0202. The van der Waals surface area contributed by atoms with Gasteiger partial charge in [-0.05, 0) is 62.0 Å². The molecule has 1 amide bonds. The molecule has 8 heteroatoms. The molecule has 2 aromatic carbocycles. The number of hydrogen-bond acceptors (Lipinski definition) is 4. The summed E-state index contributed by atoms with van der Waals surface area (Å²) in [6.45, 7) is 2.90. The van der Waals surface area contributed by atoms with Crippen molar-refractivity contribution in [1.29, 1.82) is 0 Å². The highest BCUT2D eigenvalue weighted by molar-refractivity contribution is 7.92. The van der Waals surface area contributed by atoms with E-state index in [9.17, 15) is 13.2 Å². The zero-order valence-electron chi connectivity index (χ0n) is 17.6. The third-order valence-electron chi connectivity index (χ3n) is 6.15. The van der Waals surface area contributed by atoms with Crippen LogP contribution in [0.5, 0.6) is 0 Å². The van der Waals surface area contributed by atoms with Gasteiger partial charge < -0.3 is 10.2 Å². The highest BCUT2D eigenvalue weighted by atomic mass is 35.5. The SMILES string of the molecule is CS(=O)(=O)Nc1cc(C2(C(=O)N[C@H](CN3CCCC3)c3ccccc3)CC2)ccc1Cl. The summed E-state index contributed by atoms with van der Waals surface area (Å²) >= 11 is 6.18. The lowest BCUT2D eigenvalue weighted by Crippen LogP contribution is -2.41. The van der Waals surface area contributed by atoms with Crippen LogP contribution >= 0.6 is 11.6 Å². The van der Waals surface area contributed by atoms with Gasteiger partial charge in [0.05, 0.1) is 28.4 Å². The number of nitrogens with one attached hydrogen (secondary N) is 2. The third-order valence-corrected chi connectivity index (χ3v) is 7.07. The Hall–Kier alpha value is -2.09. The van der Waals surface area contributed by atoms with Gasteiger partial charge in [0.25, 0.3) is 0 Å². The maximum atomic E-state index is 13.5. The Bertz CT molecular complexity index is 1050. The molecule has 1 saturated heterocycles. The van der Waals surface area contributed by atoms with E-state index in [2.05, 4.69) is 27.1 Å². The van der Waals surface area contributed by atoms with E-state index >= 15 is 0 Å². The Morgan fingerprint density at radius 3 is 2.42 bits per heavy atom. The minimum atomic E-state index is -3.47. The molecule has 0 aromatic heterocycles. The summed E-state index contributed by atoms with van der Waals surface area (Å²) in [5, 5.41) is 3.60. The zero-order valence-corrected chi connectivity index (χ0v) is 19.2. The molecule has 1 heterocycles. The van der Waals surface area contributed by atoms with Crippen molar-refractivity contribution >= 4 is 33.2 Å². The second-order valence-corrected chi connectivity index (χ2v) is 10.8. The van der Waals surface area contributed by atoms with Gasteiger partial charge in [-0.25, -0.2) is 8.42 Å². The van der Waals surface area contributed by atoms with E-state index in [1.807, 2.05) is 24.3 Å². The Balaban J connectivity index is 1.56. The van der Waals surface area contributed by atoms with E-state index < -0.39 is 15.4 Å². The second kappa shape index (κ2) is 8.81. The molecule has 2 aliphatic rings. The number of rotatable bonds is 8. The van der Waals surface area contributed by atoms with Crippen LogP contribution in [0.15, 0.2) is 48.5 Å². The summed E-state index contributed by atoms with van der Waals surface area (Å²) in [7, 11) is -3.47. The van der Waals surface area contributed by atoms with E-state index in [0.717, 1.165) is 49.9 Å². The number of likely N-dealkylation sites (tertiary alicyclic amines) is 1. The number of anilines is 1. The fraction of sp³-hybridized carbons (Fsp3) is 0.435. The molecule has 0 spiro atoms. The average Bonchev–Trinajstić information content (AvgIpc) is 3.39. The van der Waals surface area contributed by atoms with Crippen LogP contribution in [0.3, 0.4) is 0 Å². The van der Waals surface area contributed by atoms with Crippen molar-refractivity contribution in [2.75, 3.05) is 30.6 Å². The monoisotopic (exact) mass is 461 g/mol. The first-order chi connectivity index (χ1) is 14.8. The van der Waals surface area contributed by atoms with Crippen molar-refractivity contribution in [3.8, 4) is 0 Å². The molecule has 166 valence electrons. The molecule has 1 aliphatic heterocycles. The van der Waals surface area contributed by atoms with Crippen LogP contribution in [0.2, 0.25) is 5.02 Å². The lowest BCUT2D eigenvalue weighted by atomic mass is 9.93. The Morgan fingerprint density at radius 2 is 1.81 bits per heavy atom. The largest absolute Gasteiger partial charge is 0.347 e. The third kappa shape index (κ3) is 5.22.